The molecule has 2 aromatic rings. The normalized spacial score (nSPS) is 19.7. The van der Waals surface area contributed by atoms with Gasteiger partial charge in [-0.05, 0) is 55.5 Å². The summed E-state index contributed by atoms with van der Waals surface area (Å²) in [7, 11) is 1.57. The van der Waals surface area contributed by atoms with E-state index in [0.717, 1.165) is 25.7 Å². The van der Waals surface area contributed by atoms with Crippen molar-refractivity contribution in [3.8, 4) is 17.6 Å². The molecule has 2 aliphatic rings. The number of carbonyl (C=O) groups is 1. The van der Waals surface area contributed by atoms with Crippen LogP contribution in [0.1, 0.15) is 54.1 Å². The number of hydrogen-bond donors (Lipinski definition) is 0. The molecule has 0 bridgehead atoms. The first kappa shape index (κ1) is 19.2. The van der Waals surface area contributed by atoms with Gasteiger partial charge in [0.2, 0.25) is 5.78 Å². The Kier molecular flexibility index (Phi) is 5.36. The molecule has 0 spiro atoms. The van der Waals surface area contributed by atoms with Crippen molar-refractivity contribution in [1.29, 1.82) is 5.26 Å². The number of ketones is 1. The van der Waals surface area contributed by atoms with E-state index in [1.165, 1.54) is 6.20 Å². The number of nitriles is 1. The first-order chi connectivity index (χ1) is 14.1. The second kappa shape index (κ2) is 8.10. The molecule has 2 unspecified atom stereocenters. The lowest BCUT2D eigenvalue weighted by Crippen LogP contribution is -2.36. The van der Waals surface area contributed by atoms with Crippen LogP contribution in [0.2, 0.25) is 0 Å². The van der Waals surface area contributed by atoms with E-state index in [0.29, 0.717) is 22.1 Å². The van der Waals surface area contributed by atoms with E-state index < -0.39 is 12.0 Å². The highest BCUT2D eigenvalue weighted by Crippen LogP contribution is 2.41. The minimum absolute atomic E-state index is 0.0261. The Balaban J connectivity index is 1.69. The van der Waals surface area contributed by atoms with Crippen LogP contribution in [-0.4, -0.2) is 30.0 Å². The number of aromatic nitrogens is 1. The smallest absolute Gasteiger partial charge is 0.205 e. The van der Waals surface area contributed by atoms with Crippen molar-refractivity contribution in [1.82, 2.24) is 4.98 Å². The van der Waals surface area contributed by atoms with Gasteiger partial charge in [-0.3, -0.25) is 9.78 Å². The SMILES string of the molecule is COc1ccc(C(CC#N)C2C(=O)c3ncccc3N2[O-])cc1OC1CCCC1. The van der Waals surface area contributed by atoms with Crippen LogP contribution in [0.25, 0.3) is 0 Å². The molecule has 0 amide bonds. The van der Waals surface area contributed by atoms with Crippen molar-refractivity contribution in [2.45, 2.75) is 50.2 Å². The summed E-state index contributed by atoms with van der Waals surface area (Å²) in [5.41, 5.74) is 1.11. The van der Waals surface area contributed by atoms with Gasteiger partial charge in [0, 0.05) is 18.5 Å². The molecule has 1 saturated carbocycles. The number of fused-ring (bicyclic) bond motifs is 1. The number of methoxy groups -OCH3 is 1. The molecule has 1 aromatic heterocycles. The highest BCUT2D eigenvalue weighted by atomic mass is 16.5. The third kappa shape index (κ3) is 3.52. The average Bonchev–Trinajstić information content (AvgIpc) is 3.34. The molecule has 7 nitrogen and oxygen atoms in total. The molecule has 1 aliphatic heterocycles. The van der Waals surface area contributed by atoms with Gasteiger partial charge in [-0.1, -0.05) is 6.07 Å². The number of benzene rings is 1. The molecule has 150 valence electrons. The predicted octanol–water partition coefficient (Wildman–Crippen LogP) is 3.98. The maximum absolute atomic E-state index is 12.9. The number of Topliss-reactive ketones (excluding diaryl/α,β-unsaturated/α-hetero) is 1. The third-order valence-corrected chi connectivity index (χ3v) is 5.68. The second-order valence-corrected chi connectivity index (χ2v) is 7.41. The van der Waals surface area contributed by atoms with E-state index in [2.05, 4.69) is 11.1 Å². The minimum Gasteiger partial charge on any atom is -0.758 e. The van der Waals surface area contributed by atoms with Crippen LogP contribution in [0, 0.1) is 16.5 Å². The van der Waals surface area contributed by atoms with Crippen LogP contribution in [0.5, 0.6) is 11.5 Å². The molecule has 0 saturated heterocycles. The molecule has 0 N–H and O–H groups in total. The van der Waals surface area contributed by atoms with Gasteiger partial charge in [0.1, 0.15) is 5.69 Å². The molecular weight excluding hydrogens is 370 g/mol. The number of anilines is 1. The lowest BCUT2D eigenvalue weighted by Gasteiger charge is -2.36. The van der Waals surface area contributed by atoms with Gasteiger partial charge in [-0.15, -0.1) is 0 Å². The van der Waals surface area contributed by atoms with Gasteiger partial charge < -0.3 is 19.7 Å². The largest absolute Gasteiger partial charge is 0.758 e. The number of nitrogens with zero attached hydrogens (tertiary/aromatic N) is 3. The summed E-state index contributed by atoms with van der Waals surface area (Å²) in [5, 5.41) is 23.0. The minimum atomic E-state index is -1.02. The molecule has 4 rings (SSSR count). The third-order valence-electron chi connectivity index (χ3n) is 5.68. The quantitative estimate of drug-likeness (QED) is 0.733. The second-order valence-electron chi connectivity index (χ2n) is 7.41. The van der Waals surface area contributed by atoms with Gasteiger partial charge in [0.25, 0.3) is 0 Å². The fourth-order valence-corrected chi connectivity index (χ4v) is 4.22. The van der Waals surface area contributed by atoms with Gasteiger partial charge >= 0.3 is 0 Å². The molecule has 0 radical (unpaired) electrons. The lowest BCUT2D eigenvalue weighted by molar-refractivity contribution is 0.0957. The van der Waals surface area contributed by atoms with Crippen LogP contribution in [0.15, 0.2) is 36.5 Å². The predicted molar refractivity (Wildman–Crippen MR) is 107 cm³/mol. The van der Waals surface area contributed by atoms with E-state index in [-0.39, 0.29) is 29.7 Å². The Bertz CT molecular complexity index is 949. The van der Waals surface area contributed by atoms with Crippen LogP contribution in [0.4, 0.5) is 5.69 Å². The molecule has 2 heterocycles. The summed E-state index contributed by atoms with van der Waals surface area (Å²) in [6.07, 6.45) is 5.90. The fraction of sp³-hybridized carbons (Fsp3) is 0.409. The number of hydrogen-bond acceptors (Lipinski definition) is 7. The number of rotatable bonds is 6. The topological polar surface area (TPSA) is 98.5 Å². The highest BCUT2D eigenvalue weighted by molar-refractivity contribution is 6.10. The lowest BCUT2D eigenvalue weighted by atomic mass is 9.87. The summed E-state index contributed by atoms with van der Waals surface area (Å²) in [6, 6.07) is 9.67. The monoisotopic (exact) mass is 392 g/mol. The fourth-order valence-electron chi connectivity index (χ4n) is 4.22. The Morgan fingerprint density at radius 3 is 2.79 bits per heavy atom. The van der Waals surface area contributed by atoms with Crippen molar-refractivity contribution in [2.24, 2.45) is 0 Å². The maximum Gasteiger partial charge on any atom is 0.205 e. The van der Waals surface area contributed by atoms with E-state index in [1.54, 1.807) is 37.4 Å². The first-order valence-electron chi connectivity index (χ1n) is 9.81. The van der Waals surface area contributed by atoms with Crippen molar-refractivity contribution in [3.63, 3.8) is 0 Å². The number of pyridine rings is 1. The molecule has 1 aliphatic carbocycles. The number of hydroxylamine groups is 1. The summed E-state index contributed by atoms with van der Waals surface area (Å²) < 4.78 is 11.6. The standard InChI is InChI=1S/C22H22N3O4/c1-28-18-9-8-14(13-19(18)29-15-5-2-3-6-15)16(10-11-23)21-22(26)20-17(25(21)27)7-4-12-24-20/h4,7-9,12-13,15-16,21H,2-3,5-6,10H2,1H3/q-1. The van der Waals surface area contributed by atoms with Crippen molar-refractivity contribution in [3.05, 3.63) is 53.0 Å². The van der Waals surface area contributed by atoms with Crippen LogP contribution < -0.4 is 14.5 Å². The zero-order valence-electron chi connectivity index (χ0n) is 16.2. The molecular formula is C22H22N3O4-. The highest BCUT2D eigenvalue weighted by Gasteiger charge is 2.40. The number of ether oxygens (including phenoxy) is 2. The van der Waals surface area contributed by atoms with Crippen LogP contribution in [0.3, 0.4) is 0 Å². The molecule has 29 heavy (non-hydrogen) atoms. The zero-order valence-corrected chi connectivity index (χ0v) is 16.2. The Labute approximate surface area is 169 Å². The molecule has 1 aromatic carbocycles. The Morgan fingerprint density at radius 1 is 1.31 bits per heavy atom. The van der Waals surface area contributed by atoms with E-state index >= 15 is 0 Å². The summed E-state index contributed by atoms with van der Waals surface area (Å²) in [4.78, 5) is 17.0. The molecule has 7 heteroatoms. The first-order valence-corrected chi connectivity index (χ1v) is 9.81. The van der Waals surface area contributed by atoms with Gasteiger partial charge in [-0.25, -0.2) is 0 Å². The van der Waals surface area contributed by atoms with Crippen molar-refractivity contribution in [2.75, 3.05) is 12.2 Å². The van der Waals surface area contributed by atoms with E-state index in [9.17, 15) is 15.3 Å². The van der Waals surface area contributed by atoms with Crippen molar-refractivity contribution >= 4 is 11.5 Å². The van der Waals surface area contributed by atoms with Crippen LogP contribution >= 0.6 is 0 Å². The zero-order chi connectivity index (χ0) is 20.4. The Hall–Kier alpha value is -3.11. The van der Waals surface area contributed by atoms with E-state index in [1.807, 2.05) is 0 Å². The maximum atomic E-state index is 12.9. The van der Waals surface area contributed by atoms with Crippen molar-refractivity contribution < 1.29 is 14.3 Å². The summed E-state index contributed by atoms with van der Waals surface area (Å²) in [6.45, 7) is 0. The Morgan fingerprint density at radius 2 is 2.10 bits per heavy atom. The van der Waals surface area contributed by atoms with Gasteiger partial charge in [0.05, 0.1) is 31.0 Å². The summed E-state index contributed by atoms with van der Waals surface area (Å²) >= 11 is 0. The van der Waals surface area contributed by atoms with Crippen LogP contribution in [-0.2, 0) is 0 Å². The van der Waals surface area contributed by atoms with Gasteiger partial charge in [-0.2, -0.15) is 5.26 Å². The van der Waals surface area contributed by atoms with E-state index in [4.69, 9.17) is 9.47 Å². The number of carbonyl (C=O) groups excluding carboxylic acids is 1. The molecule has 1 fully saturated rings. The van der Waals surface area contributed by atoms with Gasteiger partial charge in [0.15, 0.2) is 11.5 Å². The average molecular weight is 392 g/mol. The summed E-state index contributed by atoms with van der Waals surface area (Å²) in [5.74, 6) is 0.220. The molecule has 2 atom stereocenters.